The molecule has 1 aliphatic rings. The lowest BCUT2D eigenvalue weighted by atomic mass is 9.94. The maximum Gasteiger partial charge on any atom is 0.393 e. The van der Waals surface area contributed by atoms with Crippen LogP contribution in [0.2, 0.25) is 0 Å². The minimum absolute atomic E-state index is 0.0261. The molecule has 0 aromatic rings. The van der Waals surface area contributed by atoms with Gasteiger partial charge in [-0.25, -0.2) is 0 Å². The third kappa shape index (κ3) is 3.37. The molecular formula is C9H15F3N2O. The van der Waals surface area contributed by atoms with Crippen LogP contribution in [0.1, 0.15) is 19.8 Å². The molecule has 6 heteroatoms. The number of piperidine rings is 1. The molecule has 1 amide bonds. The number of hydrogen-bond acceptors (Lipinski definition) is 2. The molecule has 88 valence electrons. The first kappa shape index (κ1) is 12.3. The van der Waals surface area contributed by atoms with Crippen molar-refractivity contribution in [3.63, 3.8) is 0 Å². The van der Waals surface area contributed by atoms with Gasteiger partial charge in [0.15, 0.2) is 0 Å². The van der Waals surface area contributed by atoms with Gasteiger partial charge in [0.2, 0.25) is 5.91 Å². The van der Waals surface area contributed by atoms with Crippen LogP contribution in [-0.2, 0) is 4.79 Å². The van der Waals surface area contributed by atoms with Crippen molar-refractivity contribution in [1.82, 2.24) is 10.6 Å². The lowest BCUT2D eigenvalue weighted by Gasteiger charge is -2.30. The lowest BCUT2D eigenvalue weighted by molar-refractivity contribution is -0.180. The van der Waals surface area contributed by atoms with Crippen LogP contribution in [0.25, 0.3) is 0 Å². The smallest absolute Gasteiger partial charge is 0.355 e. The summed E-state index contributed by atoms with van der Waals surface area (Å²) in [6.07, 6.45) is -3.88. The van der Waals surface area contributed by atoms with Gasteiger partial charge in [-0.1, -0.05) is 0 Å². The minimum atomic E-state index is -4.15. The zero-order valence-corrected chi connectivity index (χ0v) is 8.53. The van der Waals surface area contributed by atoms with E-state index in [9.17, 15) is 18.0 Å². The monoisotopic (exact) mass is 224 g/mol. The minimum Gasteiger partial charge on any atom is -0.355 e. The number of rotatable bonds is 2. The number of likely N-dealkylation sites (N-methyl/N-ethyl adjacent to an activating group) is 1. The van der Waals surface area contributed by atoms with Gasteiger partial charge in [0.25, 0.3) is 0 Å². The largest absolute Gasteiger partial charge is 0.393 e. The zero-order chi connectivity index (χ0) is 11.5. The number of hydrogen-bond donors (Lipinski definition) is 2. The Balaban J connectivity index is 2.39. The highest BCUT2D eigenvalue weighted by Gasteiger charge is 2.42. The average molecular weight is 224 g/mol. The first-order valence-electron chi connectivity index (χ1n) is 5.03. The van der Waals surface area contributed by atoms with Gasteiger partial charge < -0.3 is 10.6 Å². The maximum atomic E-state index is 12.3. The van der Waals surface area contributed by atoms with Gasteiger partial charge in [-0.3, -0.25) is 4.79 Å². The van der Waals surface area contributed by atoms with Crippen LogP contribution in [0.15, 0.2) is 0 Å². The van der Waals surface area contributed by atoms with Crippen LogP contribution in [0.4, 0.5) is 13.2 Å². The fourth-order valence-corrected chi connectivity index (χ4v) is 1.66. The lowest BCUT2D eigenvalue weighted by Crippen LogP contribution is -2.51. The molecular weight excluding hydrogens is 209 g/mol. The van der Waals surface area contributed by atoms with Gasteiger partial charge in [-0.2, -0.15) is 13.2 Å². The molecule has 3 nitrogen and oxygen atoms in total. The Morgan fingerprint density at radius 1 is 1.47 bits per heavy atom. The Labute approximate surface area is 86.4 Å². The number of carbonyl (C=O) groups excluding carboxylic acids is 1. The highest BCUT2D eigenvalue weighted by Crippen LogP contribution is 2.31. The predicted octanol–water partition coefficient (Wildman–Crippen LogP) is 1.05. The Morgan fingerprint density at radius 2 is 2.13 bits per heavy atom. The normalized spacial score (nSPS) is 27.5. The van der Waals surface area contributed by atoms with Crippen LogP contribution < -0.4 is 10.6 Å². The molecule has 2 N–H and O–H groups in total. The van der Waals surface area contributed by atoms with Gasteiger partial charge in [0.1, 0.15) is 0 Å². The van der Waals surface area contributed by atoms with E-state index in [4.69, 9.17) is 0 Å². The average Bonchev–Trinajstić information content (AvgIpc) is 2.17. The number of halogens is 3. The molecule has 15 heavy (non-hydrogen) atoms. The fourth-order valence-electron chi connectivity index (χ4n) is 1.66. The van der Waals surface area contributed by atoms with Gasteiger partial charge in [0, 0.05) is 13.1 Å². The molecule has 1 aliphatic heterocycles. The summed E-state index contributed by atoms with van der Waals surface area (Å²) in [4.78, 5) is 11.3. The first-order valence-corrected chi connectivity index (χ1v) is 5.03. The fraction of sp³-hybridized carbons (Fsp3) is 0.889. The number of amides is 1. The van der Waals surface area contributed by atoms with E-state index < -0.39 is 18.1 Å². The van der Waals surface area contributed by atoms with Gasteiger partial charge >= 0.3 is 6.18 Å². The van der Waals surface area contributed by atoms with Crippen molar-refractivity contribution in [2.75, 3.05) is 13.1 Å². The summed E-state index contributed by atoms with van der Waals surface area (Å²) in [6, 6.07) is -0.469. The summed E-state index contributed by atoms with van der Waals surface area (Å²) in [5.41, 5.74) is 0. The van der Waals surface area contributed by atoms with Crippen molar-refractivity contribution in [1.29, 1.82) is 0 Å². The molecule has 0 spiro atoms. The quantitative estimate of drug-likeness (QED) is 0.736. The topological polar surface area (TPSA) is 41.1 Å². The summed E-state index contributed by atoms with van der Waals surface area (Å²) in [5.74, 6) is -1.53. The molecule has 2 atom stereocenters. The third-order valence-corrected chi connectivity index (χ3v) is 2.54. The summed E-state index contributed by atoms with van der Waals surface area (Å²) >= 11 is 0. The van der Waals surface area contributed by atoms with E-state index in [-0.39, 0.29) is 25.3 Å². The molecule has 1 rings (SSSR count). The molecule has 0 aliphatic carbocycles. The highest BCUT2D eigenvalue weighted by atomic mass is 19.4. The molecule has 0 aromatic carbocycles. The zero-order valence-electron chi connectivity index (χ0n) is 8.53. The summed E-state index contributed by atoms with van der Waals surface area (Å²) in [6.45, 7) is 2.12. The van der Waals surface area contributed by atoms with E-state index in [1.807, 2.05) is 0 Å². The second kappa shape index (κ2) is 4.83. The number of carbonyl (C=O) groups is 1. The Hall–Kier alpha value is -0.780. The molecule has 1 heterocycles. The SMILES string of the molecule is CCNC(=O)C1CCC(C(F)(F)F)CN1. The van der Waals surface area contributed by atoms with Crippen molar-refractivity contribution in [2.45, 2.75) is 32.0 Å². The molecule has 2 unspecified atom stereocenters. The predicted molar refractivity (Wildman–Crippen MR) is 49.3 cm³/mol. The number of alkyl halides is 3. The van der Waals surface area contributed by atoms with Gasteiger partial charge in [-0.15, -0.1) is 0 Å². The van der Waals surface area contributed by atoms with E-state index in [1.165, 1.54) is 0 Å². The van der Waals surface area contributed by atoms with E-state index >= 15 is 0 Å². The molecule has 1 fully saturated rings. The first-order chi connectivity index (χ1) is 6.95. The Bertz CT molecular complexity index is 222. The summed E-state index contributed by atoms with van der Waals surface area (Å²) < 4.78 is 36.8. The van der Waals surface area contributed by atoms with Crippen LogP contribution in [0.3, 0.4) is 0 Å². The van der Waals surface area contributed by atoms with E-state index in [0.29, 0.717) is 6.54 Å². The van der Waals surface area contributed by atoms with E-state index in [2.05, 4.69) is 10.6 Å². The molecule has 0 aromatic heterocycles. The molecule has 0 bridgehead atoms. The van der Waals surface area contributed by atoms with Crippen LogP contribution in [0, 0.1) is 5.92 Å². The van der Waals surface area contributed by atoms with Gasteiger partial charge in [-0.05, 0) is 19.8 Å². The van der Waals surface area contributed by atoms with Crippen LogP contribution in [0.5, 0.6) is 0 Å². The number of nitrogens with one attached hydrogen (secondary N) is 2. The second-order valence-corrected chi connectivity index (χ2v) is 3.67. The second-order valence-electron chi connectivity index (χ2n) is 3.67. The van der Waals surface area contributed by atoms with Crippen molar-refractivity contribution >= 4 is 5.91 Å². The Kier molecular flexibility index (Phi) is 3.96. The summed E-state index contributed by atoms with van der Waals surface area (Å²) in [7, 11) is 0. The van der Waals surface area contributed by atoms with Gasteiger partial charge in [0.05, 0.1) is 12.0 Å². The standard InChI is InChI=1S/C9H15F3N2O/c1-2-13-8(15)7-4-3-6(5-14-7)9(10,11)12/h6-7,14H,2-5H2,1H3,(H,13,15). The van der Waals surface area contributed by atoms with Crippen molar-refractivity contribution in [3.05, 3.63) is 0 Å². The summed E-state index contributed by atoms with van der Waals surface area (Å²) in [5, 5.41) is 5.21. The van der Waals surface area contributed by atoms with Crippen LogP contribution >= 0.6 is 0 Å². The molecule has 1 saturated heterocycles. The maximum absolute atomic E-state index is 12.3. The van der Waals surface area contributed by atoms with Crippen molar-refractivity contribution in [2.24, 2.45) is 5.92 Å². The van der Waals surface area contributed by atoms with Crippen molar-refractivity contribution < 1.29 is 18.0 Å². The molecule has 0 radical (unpaired) electrons. The third-order valence-electron chi connectivity index (χ3n) is 2.54. The molecule has 0 saturated carbocycles. The Morgan fingerprint density at radius 3 is 2.53 bits per heavy atom. The van der Waals surface area contributed by atoms with Crippen LogP contribution in [-0.4, -0.2) is 31.2 Å². The highest BCUT2D eigenvalue weighted by molar-refractivity contribution is 5.81. The van der Waals surface area contributed by atoms with E-state index in [1.54, 1.807) is 6.92 Å². The van der Waals surface area contributed by atoms with Crippen molar-refractivity contribution in [3.8, 4) is 0 Å². The van der Waals surface area contributed by atoms with E-state index in [0.717, 1.165) is 0 Å².